The van der Waals surface area contributed by atoms with Crippen molar-refractivity contribution in [1.29, 1.82) is 0 Å². The van der Waals surface area contributed by atoms with Crippen LogP contribution in [-0.2, 0) is 0 Å². The van der Waals surface area contributed by atoms with Gasteiger partial charge in [0.15, 0.2) is 0 Å². The number of methoxy groups -OCH3 is 1. The zero-order valence-electron chi connectivity index (χ0n) is 14.6. The molecule has 1 aromatic heterocycles. The number of carbonyl (C=O) groups is 1. The highest BCUT2D eigenvalue weighted by atomic mass is 35.5. The smallest absolute Gasteiger partial charge is 0.337 e. The molecule has 0 spiro atoms. The van der Waals surface area contributed by atoms with Gasteiger partial charge in [-0.25, -0.2) is 9.48 Å². The van der Waals surface area contributed by atoms with E-state index in [0.717, 1.165) is 11.3 Å². The number of aromatic nitrogens is 2. The molecule has 0 saturated heterocycles. The Morgan fingerprint density at radius 3 is 2.62 bits per heavy atom. The monoisotopic (exact) mass is 371 g/mol. The first kappa shape index (κ1) is 17.8. The van der Waals surface area contributed by atoms with Crippen LogP contribution < -0.4 is 10.1 Å². The van der Waals surface area contributed by atoms with E-state index in [1.165, 1.54) is 13.2 Å². The lowest BCUT2D eigenvalue weighted by molar-refractivity contribution is 0.0697. The second-order valence-electron chi connectivity index (χ2n) is 5.83. The minimum Gasteiger partial charge on any atom is -0.497 e. The van der Waals surface area contributed by atoms with Crippen molar-refractivity contribution < 1.29 is 14.6 Å². The van der Waals surface area contributed by atoms with E-state index in [0.29, 0.717) is 28.0 Å². The largest absolute Gasteiger partial charge is 0.497 e. The van der Waals surface area contributed by atoms with Crippen LogP contribution in [0.5, 0.6) is 5.75 Å². The number of aryl methyl sites for hydroxylation is 2. The van der Waals surface area contributed by atoms with Gasteiger partial charge in [-0.15, -0.1) is 0 Å². The Kier molecular flexibility index (Phi) is 4.86. The number of aromatic carboxylic acids is 1. The molecule has 1 heterocycles. The van der Waals surface area contributed by atoms with Crippen LogP contribution in [0.2, 0.25) is 5.02 Å². The quantitative estimate of drug-likeness (QED) is 0.685. The fourth-order valence-electron chi connectivity index (χ4n) is 2.73. The second kappa shape index (κ2) is 7.09. The van der Waals surface area contributed by atoms with E-state index in [1.807, 2.05) is 38.1 Å². The van der Waals surface area contributed by atoms with Crippen LogP contribution in [0.1, 0.15) is 21.6 Å². The number of hydrogen-bond donors (Lipinski definition) is 2. The number of benzene rings is 2. The van der Waals surface area contributed by atoms with Gasteiger partial charge in [0, 0.05) is 6.07 Å². The summed E-state index contributed by atoms with van der Waals surface area (Å²) in [7, 11) is 1.50. The Morgan fingerprint density at radius 1 is 1.23 bits per heavy atom. The van der Waals surface area contributed by atoms with Gasteiger partial charge in [0.1, 0.15) is 11.6 Å². The fraction of sp³-hybridized carbons (Fsp3) is 0.158. The number of rotatable bonds is 5. The van der Waals surface area contributed by atoms with Gasteiger partial charge in [-0.2, -0.15) is 5.10 Å². The zero-order chi connectivity index (χ0) is 18.8. The molecule has 0 bridgehead atoms. The molecule has 0 amide bonds. The van der Waals surface area contributed by atoms with Crippen molar-refractivity contribution in [3.8, 4) is 11.4 Å². The Hall–Kier alpha value is -2.99. The van der Waals surface area contributed by atoms with Gasteiger partial charge in [0.2, 0.25) is 0 Å². The van der Waals surface area contributed by atoms with Crippen molar-refractivity contribution in [2.45, 2.75) is 13.8 Å². The maximum Gasteiger partial charge on any atom is 0.337 e. The molecule has 0 unspecified atom stereocenters. The summed E-state index contributed by atoms with van der Waals surface area (Å²) >= 11 is 6.30. The molecule has 0 aliphatic carbocycles. The van der Waals surface area contributed by atoms with Crippen molar-refractivity contribution in [2.75, 3.05) is 12.4 Å². The minimum absolute atomic E-state index is 0.117. The summed E-state index contributed by atoms with van der Waals surface area (Å²) < 4.78 is 6.84. The molecule has 7 heteroatoms. The lowest BCUT2D eigenvalue weighted by Gasteiger charge is -2.16. The first-order chi connectivity index (χ1) is 12.4. The Balaban J connectivity index is 2.12. The normalized spacial score (nSPS) is 10.6. The highest BCUT2D eigenvalue weighted by Crippen LogP contribution is 2.32. The van der Waals surface area contributed by atoms with Crippen LogP contribution in [0.15, 0.2) is 42.5 Å². The number of carboxylic acid groups (broad SMARTS) is 1. The fourth-order valence-corrected chi connectivity index (χ4v) is 2.95. The Labute approximate surface area is 156 Å². The molecule has 0 aliphatic rings. The number of carboxylic acids is 1. The number of nitrogens with zero attached hydrogens (tertiary/aromatic N) is 2. The maximum atomic E-state index is 11.7. The molecule has 0 saturated carbocycles. The zero-order valence-corrected chi connectivity index (χ0v) is 15.3. The molecule has 3 rings (SSSR count). The van der Waals surface area contributed by atoms with Gasteiger partial charge < -0.3 is 15.2 Å². The first-order valence-electron chi connectivity index (χ1n) is 7.91. The summed E-state index contributed by atoms with van der Waals surface area (Å²) in [5.41, 5.74) is 2.81. The summed E-state index contributed by atoms with van der Waals surface area (Å²) in [5, 5.41) is 17.8. The number of para-hydroxylation sites is 1. The molecule has 26 heavy (non-hydrogen) atoms. The standard InChI is InChI=1S/C19H18ClN3O3/c1-11-8-13(26-3)10-14(19(24)25)18(11)21-17-9-12(2)22-23(17)16-7-5-4-6-15(16)20/h4-10,21H,1-3H3,(H,24,25). The van der Waals surface area contributed by atoms with E-state index in [1.54, 1.807) is 16.8 Å². The molecular formula is C19H18ClN3O3. The summed E-state index contributed by atoms with van der Waals surface area (Å²) in [6.45, 7) is 3.68. The van der Waals surface area contributed by atoms with E-state index in [4.69, 9.17) is 16.3 Å². The molecule has 0 fully saturated rings. The SMILES string of the molecule is COc1cc(C)c(Nc2cc(C)nn2-c2ccccc2Cl)c(C(=O)O)c1. The second-order valence-corrected chi connectivity index (χ2v) is 6.24. The van der Waals surface area contributed by atoms with E-state index >= 15 is 0 Å². The van der Waals surface area contributed by atoms with Crippen molar-refractivity contribution in [2.24, 2.45) is 0 Å². The number of ether oxygens (including phenoxy) is 1. The average Bonchev–Trinajstić information content (AvgIpc) is 2.96. The number of nitrogens with one attached hydrogen (secondary N) is 1. The third-order valence-electron chi connectivity index (χ3n) is 3.94. The molecule has 0 radical (unpaired) electrons. The molecule has 3 aromatic rings. The van der Waals surface area contributed by atoms with Crippen LogP contribution in [0, 0.1) is 13.8 Å². The van der Waals surface area contributed by atoms with Gasteiger partial charge in [-0.3, -0.25) is 0 Å². The highest BCUT2D eigenvalue weighted by Gasteiger charge is 2.18. The molecule has 2 aromatic carbocycles. The molecule has 6 nitrogen and oxygen atoms in total. The summed E-state index contributed by atoms with van der Waals surface area (Å²) in [6, 6.07) is 12.4. The van der Waals surface area contributed by atoms with Gasteiger partial charge in [0.25, 0.3) is 0 Å². The lowest BCUT2D eigenvalue weighted by atomic mass is 10.1. The third-order valence-corrected chi connectivity index (χ3v) is 4.26. The van der Waals surface area contributed by atoms with Gasteiger partial charge in [-0.1, -0.05) is 23.7 Å². The first-order valence-corrected chi connectivity index (χ1v) is 8.29. The van der Waals surface area contributed by atoms with E-state index in [-0.39, 0.29) is 5.56 Å². The predicted octanol–water partition coefficient (Wildman–Crippen LogP) is 4.59. The molecule has 134 valence electrons. The minimum atomic E-state index is -1.05. The summed E-state index contributed by atoms with van der Waals surface area (Å²) in [6.07, 6.45) is 0. The maximum absolute atomic E-state index is 11.7. The van der Waals surface area contributed by atoms with Crippen molar-refractivity contribution in [3.05, 3.63) is 64.3 Å². The van der Waals surface area contributed by atoms with Crippen LogP contribution >= 0.6 is 11.6 Å². The van der Waals surface area contributed by atoms with Gasteiger partial charge in [0.05, 0.1) is 34.8 Å². The highest BCUT2D eigenvalue weighted by molar-refractivity contribution is 6.32. The van der Waals surface area contributed by atoms with E-state index in [2.05, 4.69) is 10.4 Å². The van der Waals surface area contributed by atoms with Crippen LogP contribution in [-0.4, -0.2) is 28.0 Å². The van der Waals surface area contributed by atoms with Crippen molar-refractivity contribution in [1.82, 2.24) is 9.78 Å². The molecule has 0 aliphatic heterocycles. The predicted molar refractivity (Wildman–Crippen MR) is 101 cm³/mol. The average molecular weight is 372 g/mol. The van der Waals surface area contributed by atoms with Gasteiger partial charge in [-0.05, 0) is 43.7 Å². The number of anilines is 2. The van der Waals surface area contributed by atoms with E-state index < -0.39 is 5.97 Å². The summed E-state index contributed by atoms with van der Waals surface area (Å²) in [4.78, 5) is 11.7. The van der Waals surface area contributed by atoms with Gasteiger partial charge >= 0.3 is 5.97 Å². The van der Waals surface area contributed by atoms with Crippen LogP contribution in [0.4, 0.5) is 11.5 Å². The Bertz CT molecular complexity index is 982. The van der Waals surface area contributed by atoms with E-state index in [9.17, 15) is 9.90 Å². The topological polar surface area (TPSA) is 76.4 Å². The Morgan fingerprint density at radius 2 is 1.96 bits per heavy atom. The third kappa shape index (κ3) is 3.36. The van der Waals surface area contributed by atoms with Crippen LogP contribution in [0.25, 0.3) is 5.69 Å². The molecular weight excluding hydrogens is 354 g/mol. The molecule has 2 N–H and O–H groups in total. The summed E-state index contributed by atoms with van der Waals surface area (Å²) in [5.74, 6) is 0.0580. The lowest BCUT2D eigenvalue weighted by Crippen LogP contribution is -2.09. The number of halogens is 1. The van der Waals surface area contributed by atoms with Crippen LogP contribution in [0.3, 0.4) is 0 Å². The van der Waals surface area contributed by atoms with Crippen molar-refractivity contribution in [3.63, 3.8) is 0 Å². The van der Waals surface area contributed by atoms with Crippen molar-refractivity contribution >= 4 is 29.1 Å². The number of hydrogen-bond acceptors (Lipinski definition) is 4. The molecule has 0 atom stereocenters.